The second-order valence-corrected chi connectivity index (χ2v) is 14.9. The molecule has 0 unspecified atom stereocenters. The minimum Gasteiger partial charge on any atom is -0.455 e. The van der Waals surface area contributed by atoms with Crippen LogP contribution in [0.1, 0.15) is 0 Å². The molecule has 0 aliphatic rings. The molecule has 0 aliphatic carbocycles. The highest BCUT2D eigenvalue weighted by Gasteiger charge is 2.19. The summed E-state index contributed by atoms with van der Waals surface area (Å²) in [6.07, 6.45) is 0. The van der Waals surface area contributed by atoms with Gasteiger partial charge >= 0.3 is 0 Å². The fourth-order valence-electron chi connectivity index (χ4n) is 9.15. The molecule has 0 atom stereocenters. The van der Waals surface area contributed by atoms with E-state index in [1.54, 1.807) is 0 Å². The zero-order valence-electron chi connectivity index (χ0n) is 30.9. The lowest BCUT2D eigenvalue weighted by Crippen LogP contribution is -1.94. The average Bonchev–Trinajstić information content (AvgIpc) is 3.94. The van der Waals surface area contributed by atoms with Crippen molar-refractivity contribution in [3.63, 3.8) is 0 Å². The van der Waals surface area contributed by atoms with E-state index in [0.717, 1.165) is 44.4 Å². The van der Waals surface area contributed by atoms with E-state index >= 15 is 0 Å². The van der Waals surface area contributed by atoms with Gasteiger partial charge in [-0.3, -0.25) is 0 Å². The summed E-state index contributed by atoms with van der Waals surface area (Å²) in [4.78, 5) is 0. The van der Waals surface area contributed by atoms with E-state index in [-0.39, 0.29) is 0 Å². The number of benzene rings is 9. The lowest BCUT2D eigenvalue weighted by Gasteiger charge is -2.11. The first-order chi connectivity index (χ1) is 28.3. The normalized spacial score (nSPS) is 11.9. The Morgan fingerprint density at radius 3 is 1.63 bits per heavy atom. The van der Waals surface area contributed by atoms with Crippen molar-refractivity contribution in [2.45, 2.75) is 0 Å². The van der Waals surface area contributed by atoms with E-state index in [2.05, 4.69) is 203 Å². The number of hydrogen-bond donors (Lipinski definition) is 0. The summed E-state index contributed by atoms with van der Waals surface area (Å²) in [7, 11) is 0. The monoisotopic (exact) mass is 726 g/mol. The van der Waals surface area contributed by atoms with E-state index in [0.29, 0.717) is 0 Å². The van der Waals surface area contributed by atoms with Gasteiger partial charge in [0.25, 0.3) is 0 Å². The van der Waals surface area contributed by atoms with Gasteiger partial charge in [0.15, 0.2) is 0 Å². The van der Waals surface area contributed by atoms with Crippen LogP contribution in [0.3, 0.4) is 0 Å². The number of aromatic nitrogens is 2. The maximum absolute atomic E-state index is 6.34. The molecular weight excluding hydrogens is 693 g/mol. The molecule has 266 valence electrons. The number of fused-ring (bicyclic) bond motifs is 9. The molecule has 0 N–H and O–H groups in total. The Morgan fingerprint density at radius 2 is 0.825 bits per heavy atom. The van der Waals surface area contributed by atoms with Crippen molar-refractivity contribution in [3.8, 4) is 44.8 Å². The average molecular weight is 727 g/mol. The highest BCUT2D eigenvalue weighted by molar-refractivity contribution is 6.17. The Kier molecular flexibility index (Phi) is 6.93. The molecular formula is C54H34N2O. The number of para-hydroxylation sites is 5. The van der Waals surface area contributed by atoms with Crippen LogP contribution in [0.25, 0.3) is 110 Å². The molecule has 3 heterocycles. The Hall–Kier alpha value is -7.62. The van der Waals surface area contributed by atoms with Crippen LogP contribution >= 0.6 is 0 Å². The fraction of sp³-hybridized carbons (Fsp3) is 0. The predicted molar refractivity (Wildman–Crippen MR) is 239 cm³/mol. The van der Waals surface area contributed by atoms with Crippen LogP contribution < -0.4 is 0 Å². The van der Waals surface area contributed by atoms with Crippen LogP contribution in [-0.4, -0.2) is 9.13 Å². The van der Waals surface area contributed by atoms with Crippen molar-refractivity contribution in [1.29, 1.82) is 0 Å². The second-order valence-electron chi connectivity index (χ2n) is 14.9. The maximum atomic E-state index is 6.34. The molecule has 3 nitrogen and oxygen atoms in total. The van der Waals surface area contributed by atoms with Gasteiger partial charge in [-0.15, -0.1) is 0 Å². The first-order valence-corrected chi connectivity index (χ1v) is 19.5. The van der Waals surface area contributed by atoms with Crippen LogP contribution in [-0.2, 0) is 0 Å². The quantitative estimate of drug-likeness (QED) is 0.173. The number of furan rings is 1. The van der Waals surface area contributed by atoms with Crippen LogP contribution in [0.4, 0.5) is 0 Å². The van der Waals surface area contributed by atoms with Gasteiger partial charge in [0.1, 0.15) is 11.2 Å². The predicted octanol–water partition coefficient (Wildman–Crippen LogP) is 14.8. The lowest BCUT2D eigenvalue weighted by atomic mass is 9.98. The van der Waals surface area contributed by atoms with Crippen molar-refractivity contribution in [3.05, 3.63) is 206 Å². The van der Waals surface area contributed by atoms with Gasteiger partial charge in [-0.25, -0.2) is 0 Å². The number of nitrogens with zero attached hydrogens (tertiary/aromatic N) is 2. The van der Waals surface area contributed by atoms with E-state index in [1.165, 1.54) is 65.9 Å². The third-order valence-electron chi connectivity index (χ3n) is 11.8. The summed E-state index contributed by atoms with van der Waals surface area (Å²) in [6.45, 7) is 0. The van der Waals surface area contributed by atoms with Crippen LogP contribution in [0.5, 0.6) is 0 Å². The molecule has 3 heteroatoms. The molecule has 0 fully saturated rings. The minimum absolute atomic E-state index is 0.917. The third-order valence-corrected chi connectivity index (χ3v) is 11.8. The summed E-state index contributed by atoms with van der Waals surface area (Å²) >= 11 is 0. The molecule has 0 saturated carbocycles. The van der Waals surface area contributed by atoms with Crippen molar-refractivity contribution in [1.82, 2.24) is 9.13 Å². The van der Waals surface area contributed by atoms with Crippen molar-refractivity contribution < 1.29 is 4.42 Å². The maximum Gasteiger partial charge on any atom is 0.143 e. The lowest BCUT2D eigenvalue weighted by molar-refractivity contribution is 0.670. The summed E-state index contributed by atoms with van der Waals surface area (Å²) in [6, 6.07) is 74.4. The molecule has 0 saturated heterocycles. The van der Waals surface area contributed by atoms with Gasteiger partial charge in [0, 0.05) is 49.3 Å². The SMILES string of the molecule is c1ccc(-n2c3ccccc3c3ccc(-c4cccc5c4c4ccccc4n5-c4ccc(-c5ccc(-c6cccc7c6oc6ccccc67)cc5)cc4)cc32)cc1. The Labute approximate surface area is 328 Å². The Balaban J connectivity index is 0.946. The third kappa shape index (κ3) is 4.86. The first-order valence-electron chi connectivity index (χ1n) is 19.5. The summed E-state index contributed by atoms with van der Waals surface area (Å²) < 4.78 is 11.1. The summed E-state index contributed by atoms with van der Waals surface area (Å²) in [5.74, 6) is 0. The van der Waals surface area contributed by atoms with E-state index in [9.17, 15) is 0 Å². The van der Waals surface area contributed by atoms with E-state index in [4.69, 9.17) is 4.42 Å². The Morgan fingerprint density at radius 1 is 0.298 bits per heavy atom. The number of rotatable bonds is 5. The smallest absolute Gasteiger partial charge is 0.143 e. The summed E-state index contributed by atoms with van der Waals surface area (Å²) in [5.41, 5.74) is 16.0. The van der Waals surface area contributed by atoms with Crippen LogP contribution in [0.2, 0.25) is 0 Å². The van der Waals surface area contributed by atoms with Crippen molar-refractivity contribution >= 4 is 65.6 Å². The van der Waals surface area contributed by atoms with Crippen LogP contribution in [0, 0.1) is 0 Å². The van der Waals surface area contributed by atoms with E-state index < -0.39 is 0 Å². The Bertz CT molecular complexity index is 3490. The molecule has 0 amide bonds. The largest absolute Gasteiger partial charge is 0.455 e. The van der Waals surface area contributed by atoms with Gasteiger partial charge in [-0.2, -0.15) is 0 Å². The van der Waals surface area contributed by atoms with Gasteiger partial charge in [-0.1, -0.05) is 152 Å². The zero-order valence-corrected chi connectivity index (χ0v) is 30.9. The molecule has 3 aromatic heterocycles. The standard InChI is InChI=1S/C54H34N2O/c1-2-12-39(13-3-1)56-48-20-7-4-14-43(48)44-33-30-38(34-51(44)56)41-17-11-22-50-53(41)47-16-5-8-21-49(47)55(50)40-31-28-36(29-32-40)35-24-26-37(27-25-35)42-18-10-19-46-45-15-6-9-23-52(45)57-54(42)46/h1-34H. The van der Waals surface area contributed by atoms with Gasteiger partial charge in [0.05, 0.1) is 22.1 Å². The zero-order chi connectivity index (χ0) is 37.5. The minimum atomic E-state index is 0.917. The van der Waals surface area contributed by atoms with Gasteiger partial charge in [0.2, 0.25) is 0 Å². The topological polar surface area (TPSA) is 23.0 Å². The highest BCUT2D eigenvalue weighted by atomic mass is 16.3. The molecule has 12 aromatic rings. The highest BCUT2D eigenvalue weighted by Crippen LogP contribution is 2.42. The first kappa shape index (κ1) is 31.7. The summed E-state index contributed by atoms with van der Waals surface area (Å²) in [5, 5.41) is 7.31. The van der Waals surface area contributed by atoms with Crippen molar-refractivity contribution in [2.75, 3.05) is 0 Å². The van der Waals surface area contributed by atoms with E-state index in [1.807, 2.05) is 12.1 Å². The van der Waals surface area contributed by atoms with Crippen LogP contribution in [0.15, 0.2) is 211 Å². The molecule has 0 bridgehead atoms. The molecule has 0 spiro atoms. The molecule has 9 aromatic carbocycles. The fourth-order valence-corrected chi connectivity index (χ4v) is 9.15. The number of hydrogen-bond acceptors (Lipinski definition) is 1. The van der Waals surface area contributed by atoms with Gasteiger partial charge in [-0.05, 0) is 82.4 Å². The van der Waals surface area contributed by atoms with Crippen molar-refractivity contribution in [2.24, 2.45) is 0 Å². The molecule has 12 rings (SSSR count). The van der Waals surface area contributed by atoms with Gasteiger partial charge < -0.3 is 13.6 Å². The second kappa shape index (κ2) is 12.5. The molecule has 0 radical (unpaired) electrons. The molecule has 0 aliphatic heterocycles. The molecule has 57 heavy (non-hydrogen) atoms.